The first kappa shape index (κ1) is 26.4. The lowest BCUT2D eigenvalue weighted by Crippen LogP contribution is -2.27. The fourth-order valence-electron chi connectivity index (χ4n) is 3.09. The molecule has 1 unspecified atom stereocenters. The van der Waals surface area contributed by atoms with Gasteiger partial charge in [-0.05, 0) is 80.6 Å². The van der Waals surface area contributed by atoms with Crippen molar-refractivity contribution in [2.75, 3.05) is 31.2 Å². The van der Waals surface area contributed by atoms with Crippen LogP contribution in [0.3, 0.4) is 0 Å². The van der Waals surface area contributed by atoms with Crippen molar-refractivity contribution in [3.63, 3.8) is 0 Å². The highest BCUT2D eigenvalue weighted by atomic mass is 16.5. The first-order valence-electron chi connectivity index (χ1n) is 11.9. The first-order chi connectivity index (χ1) is 15.7. The molecule has 0 saturated heterocycles. The van der Waals surface area contributed by atoms with Gasteiger partial charge in [0, 0.05) is 18.8 Å². The maximum Gasteiger partial charge on any atom is 0.309 e. The number of hydrogen-bond acceptors (Lipinski definition) is 6. The van der Waals surface area contributed by atoms with Gasteiger partial charge in [0.05, 0.1) is 30.5 Å². The Morgan fingerprint density at radius 1 is 0.879 bits per heavy atom. The van der Waals surface area contributed by atoms with E-state index in [0.29, 0.717) is 13.2 Å². The molecule has 0 N–H and O–H groups in total. The van der Waals surface area contributed by atoms with E-state index in [0.717, 1.165) is 43.1 Å². The molecular weight excluding hydrogens is 414 g/mol. The van der Waals surface area contributed by atoms with Gasteiger partial charge in [-0.3, -0.25) is 4.79 Å². The van der Waals surface area contributed by atoms with Crippen molar-refractivity contribution >= 4 is 23.0 Å². The predicted octanol–water partition coefficient (Wildman–Crippen LogP) is 7.33. The molecule has 0 heterocycles. The third-order valence-electron chi connectivity index (χ3n) is 5.80. The highest BCUT2D eigenvalue weighted by Gasteiger charge is 2.27. The minimum absolute atomic E-state index is 0.0816. The molecule has 6 heteroatoms. The summed E-state index contributed by atoms with van der Waals surface area (Å²) in [5.74, 6) is 0.542. The van der Waals surface area contributed by atoms with Gasteiger partial charge >= 0.3 is 5.97 Å². The van der Waals surface area contributed by atoms with Gasteiger partial charge in [-0.15, -0.1) is 0 Å². The second kappa shape index (κ2) is 13.0. The van der Waals surface area contributed by atoms with Crippen LogP contribution in [-0.4, -0.2) is 32.3 Å². The van der Waals surface area contributed by atoms with E-state index < -0.39 is 0 Å². The predicted molar refractivity (Wildman–Crippen MR) is 135 cm³/mol. The lowest BCUT2D eigenvalue weighted by atomic mass is 9.82. The Hall–Kier alpha value is -2.89. The molecule has 0 aliphatic rings. The maximum atomic E-state index is 12.0. The van der Waals surface area contributed by atoms with Gasteiger partial charge in [0.15, 0.2) is 0 Å². The molecule has 0 aliphatic carbocycles. The summed E-state index contributed by atoms with van der Waals surface area (Å²) in [6, 6.07) is 15.7. The molecule has 0 bridgehead atoms. The van der Waals surface area contributed by atoms with E-state index in [1.54, 1.807) is 0 Å². The van der Waals surface area contributed by atoms with Gasteiger partial charge in [-0.2, -0.15) is 10.2 Å². The molecule has 0 aliphatic heterocycles. The molecule has 0 spiro atoms. The summed E-state index contributed by atoms with van der Waals surface area (Å²) in [5.41, 5.74) is 2.71. The third kappa shape index (κ3) is 8.87. The van der Waals surface area contributed by atoms with Crippen LogP contribution in [0.15, 0.2) is 58.8 Å². The molecule has 180 valence electrons. The molecule has 0 saturated carbocycles. The minimum atomic E-state index is -0.131. The quantitative estimate of drug-likeness (QED) is 0.192. The van der Waals surface area contributed by atoms with Crippen molar-refractivity contribution in [3.05, 3.63) is 48.5 Å². The second-order valence-corrected chi connectivity index (χ2v) is 9.19. The summed E-state index contributed by atoms with van der Waals surface area (Å²) < 4.78 is 11.1. The molecule has 6 nitrogen and oxygen atoms in total. The van der Waals surface area contributed by atoms with E-state index in [1.165, 1.54) is 5.69 Å². The van der Waals surface area contributed by atoms with Crippen molar-refractivity contribution in [2.45, 2.75) is 54.4 Å². The largest absolute Gasteiger partial charge is 0.494 e. The lowest BCUT2D eigenvalue weighted by Gasteiger charge is -2.25. The van der Waals surface area contributed by atoms with Crippen molar-refractivity contribution in [1.29, 1.82) is 0 Å². The van der Waals surface area contributed by atoms with Crippen molar-refractivity contribution in [3.8, 4) is 5.75 Å². The van der Waals surface area contributed by atoms with Crippen LogP contribution in [-0.2, 0) is 9.53 Å². The van der Waals surface area contributed by atoms with Crippen molar-refractivity contribution in [1.82, 2.24) is 0 Å². The summed E-state index contributed by atoms with van der Waals surface area (Å²) >= 11 is 0. The smallest absolute Gasteiger partial charge is 0.309 e. The monoisotopic (exact) mass is 453 g/mol. The first-order valence-corrected chi connectivity index (χ1v) is 11.9. The zero-order valence-electron chi connectivity index (χ0n) is 21.0. The molecule has 2 aromatic carbocycles. The number of azo groups is 1. The number of unbranched alkanes of at least 4 members (excludes halogenated alkanes) is 1. The normalized spacial score (nSPS) is 12.5. The van der Waals surface area contributed by atoms with Crippen LogP contribution in [0.1, 0.15) is 54.4 Å². The van der Waals surface area contributed by atoms with E-state index in [4.69, 9.17) is 9.47 Å². The summed E-state index contributed by atoms with van der Waals surface area (Å²) in [7, 11) is 0. The number of nitrogens with zero attached hydrogens (tertiary/aromatic N) is 3. The Bertz CT molecular complexity index is 867. The van der Waals surface area contributed by atoms with Crippen LogP contribution in [0.25, 0.3) is 0 Å². The summed E-state index contributed by atoms with van der Waals surface area (Å²) in [5, 5.41) is 8.63. The Morgan fingerprint density at radius 3 is 1.91 bits per heavy atom. The number of carbonyl (C=O) groups is 1. The number of esters is 1. The second-order valence-electron chi connectivity index (χ2n) is 9.19. The fourth-order valence-corrected chi connectivity index (χ4v) is 3.09. The van der Waals surface area contributed by atoms with E-state index in [2.05, 4.69) is 41.1 Å². The number of ether oxygens (including phenoxy) is 2. The highest BCUT2D eigenvalue weighted by molar-refractivity contribution is 5.72. The molecule has 0 radical (unpaired) electrons. The van der Waals surface area contributed by atoms with Crippen LogP contribution >= 0.6 is 0 Å². The number of carbonyl (C=O) groups excluding carboxylic acids is 1. The topological polar surface area (TPSA) is 63.5 Å². The highest BCUT2D eigenvalue weighted by Crippen LogP contribution is 2.26. The zero-order chi connectivity index (χ0) is 24.3. The number of rotatable bonds is 12. The van der Waals surface area contributed by atoms with Gasteiger partial charge in [0.25, 0.3) is 0 Å². The van der Waals surface area contributed by atoms with Crippen molar-refractivity contribution < 1.29 is 14.3 Å². The number of benzene rings is 2. The summed E-state index contributed by atoms with van der Waals surface area (Å²) in [6.07, 6.45) is 1.60. The molecular formula is C27H39N3O3. The lowest BCUT2D eigenvalue weighted by molar-refractivity contribution is -0.151. The Balaban J connectivity index is 1.71. The van der Waals surface area contributed by atoms with Crippen LogP contribution in [0, 0.1) is 11.3 Å². The molecule has 1 atom stereocenters. The third-order valence-corrected chi connectivity index (χ3v) is 5.80. The summed E-state index contributed by atoms with van der Waals surface area (Å²) in [6.45, 7) is 15.3. The Labute approximate surface area is 199 Å². The maximum absolute atomic E-state index is 12.0. The fraction of sp³-hybridized carbons (Fsp3) is 0.519. The van der Waals surface area contributed by atoms with E-state index >= 15 is 0 Å². The molecule has 2 rings (SSSR count). The molecule has 0 aromatic heterocycles. The van der Waals surface area contributed by atoms with E-state index in [-0.39, 0.29) is 17.3 Å². The van der Waals surface area contributed by atoms with Crippen LogP contribution < -0.4 is 9.64 Å². The van der Waals surface area contributed by atoms with Crippen LogP contribution in [0.5, 0.6) is 5.75 Å². The average molecular weight is 454 g/mol. The van der Waals surface area contributed by atoms with Crippen LogP contribution in [0.4, 0.5) is 17.1 Å². The number of hydrogen-bond donors (Lipinski definition) is 0. The molecule has 0 fully saturated rings. The number of anilines is 1. The summed E-state index contributed by atoms with van der Waals surface area (Å²) in [4.78, 5) is 14.3. The average Bonchev–Trinajstić information content (AvgIpc) is 2.81. The Morgan fingerprint density at radius 2 is 1.39 bits per heavy atom. The van der Waals surface area contributed by atoms with Crippen molar-refractivity contribution in [2.24, 2.45) is 21.6 Å². The van der Waals surface area contributed by atoms with E-state index in [9.17, 15) is 4.79 Å². The molecule has 2 aromatic rings. The standard InChI is InChI=1S/C27H39N3O3/c1-7-30(8-2)24-15-11-22(12-16-24)28-29-23-13-17-25(18-14-23)32-19-9-10-20-33-26(31)21(3)27(4,5)6/h11-18,21H,7-10,19-20H2,1-6H3. The van der Waals surface area contributed by atoms with Gasteiger partial charge in [-0.25, -0.2) is 0 Å². The van der Waals surface area contributed by atoms with Gasteiger partial charge in [-0.1, -0.05) is 27.7 Å². The molecule has 0 amide bonds. The zero-order valence-corrected chi connectivity index (χ0v) is 21.0. The van der Waals surface area contributed by atoms with Gasteiger partial charge in [0.2, 0.25) is 0 Å². The Kier molecular flexibility index (Phi) is 10.4. The van der Waals surface area contributed by atoms with Gasteiger partial charge < -0.3 is 14.4 Å². The molecule has 33 heavy (non-hydrogen) atoms. The SMILES string of the molecule is CCN(CC)c1ccc(N=Nc2ccc(OCCCCOC(=O)C(C)C(C)(C)C)cc2)cc1. The van der Waals surface area contributed by atoms with E-state index in [1.807, 2.05) is 64.1 Å². The minimum Gasteiger partial charge on any atom is -0.494 e. The van der Waals surface area contributed by atoms with Gasteiger partial charge in [0.1, 0.15) is 5.75 Å². The van der Waals surface area contributed by atoms with Crippen LogP contribution in [0.2, 0.25) is 0 Å².